The lowest BCUT2D eigenvalue weighted by atomic mass is 9.95. The lowest BCUT2D eigenvalue weighted by molar-refractivity contribution is 0.364. The Labute approximate surface area is 123 Å². The van der Waals surface area contributed by atoms with Crippen LogP contribution in [0.15, 0.2) is 24.3 Å². The van der Waals surface area contributed by atoms with Gasteiger partial charge >= 0.3 is 0 Å². The molecule has 1 rings (SSSR count). The zero-order chi connectivity index (χ0) is 14.3. The second-order valence-electron chi connectivity index (χ2n) is 6.47. The minimum atomic E-state index is 0.213. The summed E-state index contributed by atoms with van der Waals surface area (Å²) in [6, 6.07) is 8.99. The molecule has 0 heterocycles. The summed E-state index contributed by atoms with van der Waals surface area (Å²) in [6.07, 6.45) is 4.67. The SMILES string of the molecule is CSCCC(CNC(C)(C)C)Cc1ccc(C)cc1. The van der Waals surface area contributed by atoms with Gasteiger partial charge in [0.05, 0.1) is 0 Å². The van der Waals surface area contributed by atoms with Gasteiger partial charge in [0.25, 0.3) is 0 Å². The first-order valence-electron chi connectivity index (χ1n) is 7.20. The molecule has 0 aliphatic carbocycles. The van der Waals surface area contributed by atoms with E-state index in [0.717, 1.165) is 12.5 Å². The first-order chi connectivity index (χ1) is 8.90. The van der Waals surface area contributed by atoms with Crippen LogP contribution in [0.2, 0.25) is 0 Å². The lowest BCUT2D eigenvalue weighted by Gasteiger charge is -2.25. The molecule has 2 heteroatoms. The summed E-state index contributed by atoms with van der Waals surface area (Å²) < 4.78 is 0. The zero-order valence-electron chi connectivity index (χ0n) is 13.1. The number of thioether (sulfide) groups is 1. The molecule has 0 fully saturated rings. The topological polar surface area (TPSA) is 12.0 Å². The fourth-order valence-electron chi connectivity index (χ4n) is 2.07. The number of aryl methyl sites for hydroxylation is 1. The van der Waals surface area contributed by atoms with Crippen molar-refractivity contribution in [2.75, 3.05) is 18.6 Å². The van der Waals surface area contributed by atoms with E-state index in [-0.39, 0.29) is 5.54 Å². The average Bonchev–Trinajstić information content (AvgIpc) is 2.34. The Morgan fingerprint density at radius 3 is 2.32 bits per heavy atom. The third-order valence-electron chi connectivity index (χ3n) is 3.30. The van der Waals surface area contributed by atoms with Gasteiger partial charge in [0, 0.05) is 5.54 Å². The van der Waals surface area contributed by atoms with Gasteiger partial charge in [-0.2, -0.15) is 11.8 Å². The smallest absolute Gasteiger partial charge is 0.00966 e. The molecule has 1 nitrogen and oxygen atoms in total. The van der Waals surface area contributed by atoms with E-state index in [2.05, 4.69) is 63.5 Å². The molecule has 0 saturated carbocycles. The Hall–Kier alpha value is -0.470. The zero-order valence-corrected chi connectivity index (χ0v) is 13.9. The Bertz CT molecular complexity index is 351. The number of hydrogen-bond donors (Lipinski definition) is 1. The van der Waals surface area contributed by atoms with Crippen LogP contribution in [0, 0.1) is 12.8 Å². The van der Waals surface area contributed by atoms with Crippen molar-refractivity contribution in [2.45, 2.75) is 46.1 Å². The highest BCUT2D eigenvalue weighted by atomic mass is 32.2. The maximum Gasteiger partial charge on any atom is 0.00966 e. The Morgan fingerprint density at radius 1 is 1.16 bits per heavy atom. The second-order valence-corrected chi connectivity index (χ2v) is 7.45. The van der Waals surface area contributed by atoms with Crippen LogP contribution in [-0.2, 0) is 6.42 Å². The standard InChI is InChI=1S/C17H29NS/c1-14-6-8-15(9-7-14)12-16(10-11-19-5)13-18-17(2,3)4/h6-9,16,18H,10-13H2,1-5H3. The number of nitrogens with one attached hydrogen (secondary N) is 1. The third-order valence-corrected chi connectivity index (χ3v) is 3.94. The van der Waals surface area contributed by atoms with Gasteiger partial charge in [-0.3, -0.25) is 0 Å². The number of hydrogen-bond acceptors (Lipinski definition) is 2. The van der Waals surface area contributed by atoms with Gasteiger partial charge in [-0.15, -0.1) is 0 Å². The second kappa shape index (κ2) is 7.96. The van der Waals surface area contributed by atoms with E-state index in [9.17, 15) is 0 Å². The Morgan fingerprint density at radius 2 is 1.79 bits per heavy atom. The summed E-state index contributed by atoms with van der Waals surface area (Å²) in [5.74, 6) is 1.98. The van der Waals surface area contributed by atoms with E-state index >= 15 is 0 Å². The highest BCUT2D eigenvalue weighted by Crippen LogP contribution is 2.16. The number of benzene rings is 1. The predicted octanol–water partition coefficient (Wildman–Crippen LogP) is 4.29. The van der Waals surface area contributed by atoms with Crippen molar-refractivity contribution in [3.63, 3.8) is 0 Å². The molecule has 108 valence electrons. The van der Waals surface area contributed by atoms with Gasteiger partial charge in [0.15, 0.2) is 0 Å². The summed E-state index contributed by atoms with van der Waals surface area (Å²) in [6.45, 7) is 9.98. The molecule has 1 aromatic carbocycles. The van der Waals surface area contributed by atoms with Crippen LogP contribution in [0.1, 0.15) is 38.3 Å². The van der Waals surface area contributed by atoms with E-state index in [1.807, 2.05) is 11.8 Å². The minimum absolute atomic E-state index is 0.213. The van der Waals surface area contributed by atoms with Crippen LogP contribution in [0.25, 0.3) is 0 Å². The number of rotatable bonds is 7. The maximum atomic E-state index is 3.65. The van der Waals surface area contributed by atoms with Crippen molar-refractivity contribution >= 4 is 11.8 Å². The molecule has 1 atom stereocenters. The van der Waals surface area contributed by atoms with Crippen LogP contribution in [0.4, 0.5) is 0 Å². The highest BCUT2D eigenvalue weighted by molar-refractivity contribution is 7.98. The van der Waals surface area contributed by atoms with Gasteiger partial charge in [0.1, 0.15) is 0 Å². The van der Waals surface area contributed by atoms with E-state index in [0.29, 0.717) is 0 Å². The monoisotopic (exact) mass is 279 g/mol. The van der Waals surface area contributed by atoms with Crippen molar-refractivity contribution in [1.82, 2.24) is 5.32 Å². The largest absolute Gasteiger partial charge is 0.312 e. The van der Waals surface area contributed by atoms with Crippen LogP contribution >= 0.6 is 11.8 Å². The maximum absolute atomic E-state index is 3.65. The highest BCUT2D eigenvalue weighted by Gasteiger charge is 2.14. The van der Waals surface area contributed by atoms with E-state index in [1.54, 1.807) is 0 Å². The van der Waals surface area contributed by atoms with Crippen LogP contribution < -0.4 is 5.32 Å². The predicted molar refractivity (Wildman–Crippen MR) is 89.1 cm³/mol. The molecule has 1 unspecified atom stereocenters. The fourth-order valence-corrected chi connectivity index (χ4v) is 2.64. The van der Waals surface area contributed by atoms with Crippen molar-refractivity contribution in [3.05, 3.63) is 35.4 Å². The van der Waals surface area contributed by atoms with Gasteiger partial charge < -0.3 is 5.32 Å². The molecule has 19 heavy (non-hydrogen) atoms. The molecule has 0 radical (unpaired) electrons. The Kier molecular flexibility index (Phi) is 6.95. The normalized spacial score (nSPS) is 13.5. The summed E-state index contributed by atoms with van der Waals surface area (Å²) in [5, 5.41) is 3.65. The molecule has 0 saturated heterocycles. The fraction of sp³-hybridized carbons (Fsp3) is 0.647. The summed E-state index contributed by atoms with van der Waals surface area (Å²) in [4.78, 5) is 0. The summed E-state index contributed by atoms with van der Waals surface area (Å²) >= 11 is 1.95. The minimum Gasteiger partial charge on any atom is -0.312 e. The van der Waals surface area contributed by atoms with Gasteiger partial charge in [0.2, 0.25) is 0 Å². The molecule has 0 spiro atoms. The Balaban J connectivity index is 2.55. The lowest BCUT2D eigenvalue weighted by Crippen LogP contribution is -2.39. The molecule has 1 N–H and O–H groups in total. The molecular weight excluding hydrogens is 250 g/mol. The van der Waals surface area contributed by atoms with Crippen molar-refractivity contribution in [1.29, 1.82) is 0 Å². The molecule has 1 aromatic rings. The quantitative estimate of drug-likeness (QED) is 0.799. The van der Waals surface area contributed by atoms with Crippen LogP contribution in [-0.4, -0.2) is 24.1 Å². The molecule has 0 amide bonds. The molecular formula is C17H29NS. The van der Waals surface area contributed by atoms with Crippen molar-refractivity contribution < 1.29 is 0 Å². The van der Waals surface area contributed by atoms with E-state index in [1.165, 1.54) is 29.7 Å². The van der Waals surface area contributed by atoms with E-state index < -0.39 is 0 Å². The molecule has 0 bridgehead atoms. The van der Waals surface area contributed by atoms with Gasteiger partial charge in [-0.25, -0.2) is 0 Å². The van der Waals surface area contributed by atoms with Gasteiger partial charge in [-0.1, -0.05) is 29.8 Å². The first kappa shape index (κ1) is 16.6. The van der Waals surface area contributed by atoms with Gasteiger partial charge in [-0.05, 0) is 70.6 Å². The van der Waals surface area contributed by atoms with Crippen LogP contribution in [0.5, 0.6) is 0 Å². The van der Waals surface area contributed by atoms with Crippen LogP contribution in [0.3, 0.4) is 0 Å². The molecule has 0 aromatic heterocycles. The molecule has 0 aliphatic rings. The van der Waals surface area contributed by atoms with E-state index in [4.69, 9.17) is 0 Å². The van der Waals surface area contributed by atoms with Crippen molar-refractivity contribution in [3.8, 4) is 0 Å². The van der Waals surface area contributed by atoms with Crippen molar-refractivity contribution in [2.24, 2.45) is 5.92 Å². The third kappa shape index (κ3) is 7.64. The first-order valence-corrected chi connectivity index (χ1v) is 8.59. The molecule has 0 aliphatic heterocycles. The average molecular weight is 279 g/mol. The summed E-state index contributed by atoms with van der Waals surface area (Å²) in [5.41, 5.74) is 3.02. The summed E-state index contributed by atoms with van der Waals surface area (Å²) in [7, 11) is 0.